The molecule has 0 amide bonds. The maximum Gasteiger partial charge on any atom is 0.136 e. The van der Waals surface area contributed by atoms with E-state index in [0.717, 1.165) is 11.1 Å². The average Bonchev–Trinajstić information content (AvgIpc) is 2.37. The summed E-state index contributed by atoms with van der Waals surface area (Å²) in [5.41, 5.74) is 2.32. The number of aliphatic hydroxyl groups excluding tert-OH is 1. The molecule has 3 heteroatoms. The Balaban J connectivity index is 2.48. The Bertz CT molecular complexity index is 633. The summed E-state index contributed by atoms with van der Waals surface area (Å²) in [5, 5.41) is 9.78. The molecule has 0 saturated heterocycles. The van der Waals surface area contributed by atoms with Gasteiger partial charge in [-0.15, -0.1) is 0 Å². The summed E-state index contributed by atoms with van der Waals surface area (Å²) < 4.78 is 19.8. The molecule has 0 aliphatic rings. The largest absolute Gasteiger partial charge is 0.457 e. The van der Waals surface area contributed by atoms with Gasteiger partial charge in [0.1, 0.15) is 17.3 Å². The van der Waals surface area contributed by atoms with Crippen molar-refractivity contribution in [1.29, 1.82) is 0 Å². The SMILES string of the molecule is Cc1ccc(C(C)C)c(Oc2cccc(F)c2C(C)O)c1. The summed E-state index contributed by atoms with van der Waals surface area (Å²) in [6.07, 6.45) is -0.923. The van der Waals surface area contributed by atoms with Crippen LogP contribution in [0.5, 0.6) is 11.5 Å². The van der Waals surface area contributed by atoms with Crippen molar-refractivity contribution in [2.75, 3.05) is 0 Å². The predicted molar refractivity (Wildman–Crippen MR) is 82.4 cm³/mol. The number of hydrogen-bond acceptors (Lipinski definition) is 2. The molecule has 0 aromatic heterocycles. The van der Waals surface area contributed by atoms with Gasteiger partial charge in [-0.2, -0.15) is 0 Å². The first kappa shape index (κ1) is 15.5. The van der Waals surface area contributed by atoms with Crippen LogP contribution >= 0.6 is 0 Å². The highest BCUT2D eigenvalue weighted by Gasteiger charge is 2.17. The maximum absolute atomic E-state index is 13.9. The molecule has 0 aliphatic heterocycles. The zero-order valence-electron chi connectivity index (χ0n) is 12.9. The average molecular weight is 288 g/mol. The van der Waals surface area contributed by atoms with E-state index in [0.29, 0.717) is 17.4 Å². The Morgan fingerprint density at radius 1 is 1.05 bits per heavy atom. The summed E-state index contributed by atoms with van der Waals surface area (Å²) in [4.78, 5) is 0. The molecule has 112 valence electrons. The van der Waals surface area contributed by atoms with Gasteiger partial charge in [-0.05, 0) is 49.1 Å². The lowest BCUT2D eigenvalue weighted by atomic mass is 10.0. The summed E-state index contributed by atoms with van der Waals surface area (Å²) in [6.45, 7) is 7.68. The molecule has 2 rings (SSSR count). The van der Waals surface area contributed by atoms with E-state index in [2.05, 4.69) is 13.8 Å². The van der Waals surface area contributed by atoms with Crippen LogP contribution in [0.1, 0.15) is 49.5 Å². The third-order valence-corrected chi connectivity index (χ3v) is 3.44. The van der Waals surface area contributed by atoms with E-state index in [-0.39, 0.29) is 5.56 Å². The van der Waals surface area contributed by atoms with Crippen LogP contribution in [-0.4, -0.2) is 5.11 Å². The van der Waals surface area contributed by atoms with Crippen LogP contribution in [0.3, 0.4) is 0 Å². The Morgan fingerprint density at radius 2 is 1.76 bits per heavy atom. The number of halogens is 1. The normalized spacial score (nSPS) is 12.5. The van der Waals surface area contributed by atoms with Crippen molar-refractivity contribution in [3.63, 3.8) is 0 Å². The van der Waals surface area contributed by atoms with Gasteiger partial charge in [0.2, 0.25) is 0 Å². The van der Waals surface area contributed by atoms with Crippen molar-refractivity contribution in [2.24, 2.45) is 0 Å². The van der Waals surface area contributed by atoms with Crippen LogP contribution in [0.25, 0.3) is 0 Å². The number of benzene rings is 2. The topological polar surface area (TPSA) is 29.5 Å². The number of ether oxygens (including phenoxy) is 1. The van der Waals surface area contributed by atoms with E-state index >= 15 is 0 Å². The van der Waals surface area contributed by atoms with E-state index in [1.165, 1.54) is 13.0 Å². The number of aliphatic hydroxyl groups is 1. The number of rotatable bonds is 4. The minimum Gasteiger partial charge on any atom is -0.457 e. The molecule has 0 radical (unpaired) electrons. The Hall–Kier alpha value is -1.87. The molecule has 0 heterocycles. The molecule has 0 bridgehead atoms. The van der Waals surface area contributed by atoms with Crippen LogP contribution in [0.15, 0.2) is 36.4 Å². The fourth-order valence-electron chi connectivity index (χ4n) is 2.34. The van der Waals surface area contributed by atoms with Crippen molar-refractivity contribution in [3.05, 3.63) is 58.9 Å². The highest BCUT2D eigenvalue weighted by molar-refractivity contribution is 5.45. The summed E-state index contributed by atoms with van der Waals surface area (Å²) in [6, 6.07) is 10.6. The van der Waals surface area contributed by atoms with Gasteiger partial charge in [0.25, 0.3) is 0 Å². The first-order valence-corrected chi connectivity index (χ1v) is 7.15. The Morgan fingerprint density at radius 3 is 2.38 bits per heavy atom. The molecule has 0 aliphatic carbocycles. The smallest absolute Gasteiger partial charge is 0.136 e. The molecule has 2 aromatic rings. The summed E-state index contributed by atoms with van der Waals surface area (Å²) in [7, 11) is 0. The van der Waals surface area contributed by atoms with E-state index in [4.69, 9.17) is 4.74 Å². The van der Waals surface area contributed by atoms with Crippen molar-refractivity contribution in [2.45, 2.75) is 39.7 Å². The lowest BCUT2D eigenvalue weighted by Crippen LogP contribution is -2.01. The van der Waals surface area contributed by atoms with Gasteiger partial charge in [-0.3, -0.25) is 0 Å². The van der Waals surface area contributed by atoms with Crippen molar-refractivity contribution in [3.8, 4) is 11.5 Å². The molecule has 1 unspecified atom stereocenters. The first-order valence-electron chi connectivity index (χ1n) is 7.15. The lowest BCUT2D eigenvalue weighted by Gasteiger charge is -2.18. The summed E-state index contributed by atoms with van der Waals surface area (Å²) in [5.74, 6) is 0.903. The van der Waals surface area contributed by atoms with Crippen molar-refractivity contribution < 1.29 is 14.2 Å². The highest BCUT2D eigenvalue weighted by Crippen LogP contribution is 2.35. The monoisotopic (exact) mass is 288 g/mol. The van der Waals surface area contributed by atoms with Crippen molar-refractivity contribution >= 4 is 0 Å². The van der Waals surface area contributed by atoms with E-state index < -0.39 is 11.9 Å². The van der Waals surface area contributed by atoms with E-state index in [9.17, 15) is 9.50 Å². The minimum absolute atomic E-state index is 0.189. The van der Waals surface area contributed by atoms with E-state index in [1.54, 1.807) is 12.1 Å². The molecule has 1 N–H and O–H groups in total. The second-order valence-electron chi connectivity index (χ2n) is 5.63. The molecule has 2 aromatic carbocycles. The highest BCUT2D eigenvalue weighted by atomic mass is 19.1. The minimum atomic E-state index is -0.923. The number of aryl methyl sites for hydroxylation is 1. The Labute approximate surface area is 125 Å². The molecule has 1 atom stereocenters. The van der Waals surface area contributed by atoms with Gasteiger partial charge in [0, 0.05) is 0 Å². The zero-order chi connectivity index (χ0) is 15.6. The maximum atomic E-state index is 13.9. The van der Waals surface area contributed by atoms with Crippen LogP contribution in [0.2, 0.25) is 0 Å². The second kappa shape index (κ2) is 6.27. The molecule has 0 fully saturated rings. The fraction of sp³-hybridized carbons (Fsp3) is 0.333. The van der Waals surface area contributed by atoms with Gasteiger partial charge >= 0.3 is 0 Å². The second-order valence-corrected chi connectivity index (χ2v) is 5.63. The molecular weight excluding hydrogens is 267 g/mol. The lowest BCUT2D eigenvalue weighted by molar-refractivity contribution is 0.190. The van der Waals surface area contributed by atoms with Crippen LogP contribution in [0, 0.1) is 12.7 Å². The van der Waals surface area contributed by atoms with Gasteiger partial charge in [-0.25, -0.2) is 4.39 Å². The molecular formula is C18H21FO2. The Kier molecular flexibility index (Phi) is 4.63. The van der Waals surface area contributed by atoms with Crippen LogP contribution < -0.4 is 4.74 Å². The molecule has 21 heavy (non-hydrogen) atoms. The molecule has 0 spiro atoms. The van der Waals surface area contributed by atoms with Gasteiger partial charge < -0.3 is 9.84 Å². The van der Waals surface area contributed by atoms with Crippen LogP contribution in [0.4, 0.5) is 4.39 Å². The molecule has 0 saturated carbocycles. The van der Waals surface area contributed by atoms with Crippen LogP contribution in [-0.2, 0) is 0 Å². The van der Waals surface area contributed by atoms with Gasteiger partial charge in [-0.1, -0.05) is 32.0 Å². The standard InChI is InChI=1S/C18H21FO2/c1-11(2)14-9-8-12(3)10-17(14)21-16-7-5-6-15(19)18(16)13(4)20/h5-11,13,20H,1-4H3. The third-order valence-electron chi connectivity index (χ3n) is 3.44. The third kappa shape index (κ3) is 3.42. The van der Waals surface area contributed by atoms with Gasteiger partial charge in [0.05, 0.1) is 11.7 Å². The first-order chi connectivity index (χ1) is 9.90. The fourth-order valence-corrected chi connectivity index (χ4v) is 2.34. The number of hydrogen-bond donors (Lipinski definition) is 1. The van der Waals surface area contributed by atoms with Crippen molar-refractivity contribution in [1.82, 2.24) is 0 Å². The summed E-state index contributed by atoms with van der Waals surface area (Å²) >= 11 is 0. The zero-order valence-corrected chi connectivity index (χ0v) is 12.9. The predicted octanol–water partition coefficient (Wildman–Crippen LogP) is 5.10. The quantitative estimate of drug-likeness (QED) is 0.847. The van der Waals surface area contributed by atoms with Gasteiger partial charge in [0.15, 0.2) is 0 Å². The molecule has 2 nitrogen and oxygen atoms in total. The van der Waals surface area contributed by atoms with E-state index in [1.807, 2.05) is 25.1 Å².